The Balaban J connectivity index is 2.54. The van der Waals surface area contributed by atoms with Crippen molar-refractivity contribution >= 4 is 15.7 Å². The standard InChI is InChI=1S/C11H18N2O4S/c1-17-7-11(14)6-13-18(15,16)8-9-3-2-4-10(12)5-9/h2-5,11,13-14H,6-8,12H2,1H3. The SMILES string of the molecule is COCC(O)CNS(=O)(=O)Cc1cccc(N)c1. The lowest BCUT2D eigenvalue weighted by molar-refractivity contribution is 0.0679. The molecule has 0 saturated heterocycles. The molecule has 7 heteroatoms. The zero-order chi connectivity index (χ0) is 13.6. The van der Waals surface area contributed by atoms with E-state index in [9.17, 15) is 13.5 Å². The highest BCUT2D eigenvalue weighted by molar-refractivity contribution is 7.88. The molecule has 0 aliphatic carbocycles. The average molecular weight is 274 g/mol. The lowest BCUT2D eigenvalue weighted by Crippen LogP contribution is -2.35. The number of hydrogen-bond acceptors (Lipinski definition) is 5. The van der Waals surface area contributed by atoms with Crippen molar-refractivity contribution in [3.63, 3.8) is 0 Å². The van der Waals surface area contributed by atoms with Crippen LogP contribution in [0.4, 0.5) is 5.69 Å². The van der Waals surface area contributed by atoms with Gasteiger partial charge in [-0.1, -0.05) is 12.1 Å². The number of aliphatic hydroxyl groups is 1. The summed E-state index contributed by atoms with van der Waals surface area (Å²) in [6.45, 7) is 0.0132. The van der Waals surface area contributed by atoms with E-state index in [1.807, 2.05) is 0 Å². The minimum Gasteiger partial charge on any atom is -0.399 e. The summed E-state index contributed by atoms with van der Waals surface area (Å²) in [5, 5.41) is 9.35. The van der Waals surface area contributed by atoms with Gasteiger partial charge in [0.15, 0.2) is 0 Å². The summed E-state index contributed by atoms with van der Waals surface area (Å²) >= 11 is 0. The largest absolute Gasteiger partial charge is 0.399 e. The van der Waals surface area contributed by atoms with E-state index in [4.69, 9.17) is 10.5 Å². The predicted molar refractivity (Wildman–Crippen MR) is 69.4 cm³/mol. The average Bonchev–Trinajstić information content (AvgIpc) is 2.26. The van der Waals surface area contributed by atoms with Crippen molar-refractivity contribution in [3.8, 4) is 0 Å². The summed E-state index contributed by atoms with van der Waals surface area (Å²) in [6, 6.07) is 6.66. The Hall–Kier alpha value is -1.15. The number of sulfonamides is 1. The zero-order valence-electron chi connectivity index (χ0n) is 10.2. The number of hydrogen-bond donors (Lipinski definition) is 3. The maximum absolute atomic E-state index is 11.7. The minimum absolute atomic E-state index is 0.0709. The van der Waals surface area contributed by atoms with E-state index >= 15 is 0 Å². The fourth-order valence-electron chi connectivity index (χ4n) is 1.43. The van der Waals surface area contributed by atoms with Crippen molar-refractivity contribution in [2.75, 3.05) is 26.0 Å². The van der Waals surface area contributed by atoms with Crippen LogP contribution in [0.1, 0.15) is 5.56 Å². The highest BCUT2D eigenvalue weighted by Gasteiger charge is 2.13. The van der Waals surface area contributed by atoms with Crippen LogP contribution in [-0.4, -0.2) is 39.9 Å². The molecule has 6 nitrogen and oxygen atoms in total. The lowest BCUT2D eigenvalue weighted by atomic mass is 10.2. The third kappa shape index (κ3) is 5.46. The van der Waals surface area contributed by atoms with Crippen LogP contribution in [0.2, 0.25) is 0 Å². The fourth-order valence-corrected chi connectivity index (χ4v) is 2.59. The Morgan fingerprint density at radius 1 is 1.50 bits per heavy atom. The maximum atomic E-state index is 11.7. The maximum Gasteiger partial charge on any atom is 0.215 e. The zero-order valence-corrected chi connectivity index (χ0v) is 11.0. The molecular weight excluding hydrogens is 256 g/mol. The highest BCUT2D eigenvalue weighted by Crippen LogP contribution is 2.09. The van der Waals surface area contributed by atoms with E-state index in [1.54, 1.807) is 24.3 Å². The number of anilines is 1. The predicted octanol–water partition coefficient (Wildman–Crippen LogP) is -0.304. The molecule has 0 saturated carbocycles. The van der Waals surface area contributed by atoms with E-state index in [-0.39, 0.29) is 18.9 Å². The number of nitrogens with two attached hydrogens (primary N) is 1. The van der Waals surface area contributed by atoms with Gasteiger partial charge in [-0.2, -0.15) is 0 Å². The van der Waals surface area contributed by atoms with Crippen LogP contribution in [0.5, 0.6) is 0 Å². The summed E-state index contributed by atoms with van der Waals surface area (Å²) in [4.78, 5) is 0. The van der Waals surface area contributed by atoms with Crippen LogP contribution >= 0.6 is 0 Å². The van der Waals surface area contributed by atoms with Gasteiger partial charge in [-0.25, -0.2) is 13.1 Å². The molecule has 0 radical (unpaired) electrons. The second-order valence-electron chi connectivity index (χ2n) is 3.96. The van der Waals surface area contributed by atoms with Crippen LogP contribution in [0.25, 0.3) is 0 Å². The highest BCUT2D eigenvalue weighted by atomic mass is 32.2. The number of ether oxygens (including phenoxy) is 1. The van der Waals surface area contributed by atoms with E-state index in [1.165, 1.54) is 7.11 Å². The summed E-state index contributed by atoms with van der Waals surface area (Å²) in [5.74, 6) is -0.169. The third-order valence-electron chi connectivity index (χ3n) is 2.21. The molecule has 1 aromatic carbocycles. The van der Waals surface area contributed by atoms with Crippen LogP contribution < -0.4 is 10.5 Å². The van der Waals surface area contributed by atoms with Crippen LogP contribution in [0.15, 0.2) is 24.3 Å². The van der Waals surface area contributed by atoms with Crippen molar-refractivity contribution in [2.45, 2.75) is 11.9 Å². The number of rotatable bonds is 7. The molecule has 4 N–H and O–H groups in total. The van der Waals surface area contributed by atoms with Crippen molar-refractivity contribution in [3.05, 3.63) is 29.8 Å². The van der Waals surface area contributed by atoms with Crippen LogP contribution in [0, 0.1) is 0 Å². The summed E-state index contributed by atoms with van der Waals surface area (Å²) in [5.41, 5.74) is 6.68. The normalized spacial score (nSPS) is 13.4. The molecule has 0 aliphatic rings. The molecule has 1 atom stereocenters. The van der Waals surface area contributed by atoms with Crippen LogP contribution in [-0.2, 0) is 20.5 Å². The molecule has 0 aliphatic heterocycles. The van der Waals surface area contributed by atoms with Gasteiger partial charge in [0.25, 0.3) is 0 Å². The number of benzene rings is 1. The second kappa shape index (κ2) is 6.69. The molecular formula is C11H18N2O4S. The van der Waals surface area contributed by atoms with Crippen LogP contribution in [0.3, 0.4) is 0 Å². The molecule has 0 amide bonds. The molecule has 0 fully saturated rings. The molecule has 18 heavy (non-hydrogen) atoms. The van der Waals surface area contributed by atoms with Crippen molar-refractivity contribution in [1.29, 1.82) is 0 Å². The number of nitrogens with one attached hydrogen (secondary N) is 1. The first-order valence-corrected chi connectivity index (χ1v) is 7.07. The topological polar surface area (TPSA) is 102 Å². The third-order valence-corrected chi connectivity index (χ3v) is 3.53. The summed E-state index contributed by atoms with van der Waals surface area (Å²) in [7, 11) is -2.05. The smallest absolute Gasteiger partial charge is 0.215 e. The number of nitrogen functional groups attached to an aromatic ring is 1. The van der Waals surface area contributed by atoms with Gasteiger partial charge in [0.2, 0.25) is 10.0 Å². The van der Waals surface area contributed by atoms with Gasteiger partial charge >= 0.3 is 0 Å². The van der Waals surface area contributed by atoms with Gasteiger partial charge in [0.1, 0.15) is 0 Å². The van der Waals surface area contributed by atoms with Gasteiger partial charge in [0.05, 0.1) is 18.5 Å². The first-order chi connectivity index (χ1) is 8.43. The molecule has 1 rings (SSSR count). The van der Waals surface area contributed by atoms with E-state index < -0.39 is 16.1 Å². The molecule has 0 spiro atoms. The molecule has 1 unspecified atom stereocenters. The monoisotopic (exact) mass is 274 g/mol. The number of aliphatic hydroxyl groups excluding tert-OH is 1. The first kappa shape index (κ1) is 14.9. The Morgan fingerprint density at radius 2 is 2.22 bits per heavy atom. The van der Waals surface area contributed by atoms with Gasteiger partial charge in [0, 0.05) is 19.3 Å². The fraction of sp³-hybridized carbons (Fsp3) is 0.455. The second-order valence-corrected chi connectivity index (χ2v) is 5.77. The molecule has 0 aromatic heterocycles. The van der Waals surface area contributed by atoms with E-state index in [0.717, 1.165) is 0 Å². The quantitative estimate of drug-likeness (QED) is 0.592. The Kier molecular flexibility index (Phi) is 5.54. The lowest BCUT2D eigenvalue weighted by Gasteiger charge is -2.11. The Morgan fingerprint density at radius 3 is 2.83 bits per heavy atom. The van der Waals surface area contributed by atoms with Gasteiger partial charge in [-0.05, 0) is 17.7 Å². The van der Waals surface area contributed by atoms with Gasteiger partial charge in [-0.15, -0.1) is 0 Å². The van der Waals surface area contributed by atoms with E-state index in [2.05, 4.69) is 4.72 Å². The molecule has 0 heterocycles. The summed E-state index contributed by atoms with van der Waals surface area (Å²) < 4.78 is 30.4. The molecule has 1 aromatic rings. The van der Waals surface area contributed by atoms with Crippen molar-refractivity contribution in [1.82, 2.24) is 4.72 Å². The molecule has 0 bridgehead atoms. The minimum atomic E-state index is -3.49. The Labute approximate surface area is 107 Å². The molecule has 102 valence electrons. The number of methoxy groups -OCH3 is 1. The van der Waals surface area contributed by atoms with E-state index in [0.29, 0.717) is 11.3 Å². The van der Waals surface area contributed by atoms with Gasteiger partial charge in [-0.3, -0.25) is 0 Å². The van der Waals surface area contributed by atoms with Crippen molar-refractivity contribution < 1.29 is 18.3 Å². The Bertz CT molecular complexity index is 476. The summed E-state index contributed by atoms with van der Waals surface area (Å²) in [6.07, 6.45) is -0.856. The van der Waals surface area contributed by atoms with Crippen molar-refractivity contribution in [2.24, 2.45) is 0 Å². The first-order valence-electron chi connectivity index (χ1n) is 5.41. The van der Waals surface area contributed by atoms with Gasteiger partial charge < -0.3 is 15.6 Å².